The number of nitrogens with one attached hydrogen (secondary N) is 1. The molecule has 2 aliphatic heterocycles. The maximum absolute atomic E-state index is 12.4. The van der Waals surface area contributed by atoms with Gasteiger partial charge in [0.15, 0.2) is 0 Å². The van der Waals surface area contributed by atoms with E-state index in [-0.39, 0.29) is 5.92 Å². The number of hydrogen-bond acceptors (Lipinski definition) is 2. The van der Waals surface area contributed by atoms with Crippen molar-refractivity contribution in [3.63, 3.8) is 0 Å². The van der Waals surface area contributed by atoms with Crippen LogP contribution in [0.1, 0.15) is 33.6 Å². The Bertz CT molecular complexity index is 263. The highest BCUT2D eigenvalue weighted by molar-refractivity contribution is 5.79. The number of fused-ring (bicyclic) bond motifs is 1. The average Bonchev–Trinajstić information content (AvgIpc) is 2.83. The van der Waals surface area contributed by atoms with Crippen molar-refractivity contribution in [1.29, 1.82) is 0 Å². The zero-order valence-corrected chi connectivity index (χ0v) is 10.7. The van der Waals surface area contributed by atoms with Crippen LogP contribution < -0.4 is 5.32 Å². The Labute approximate surface area is 98.6 Å². The van der Waals surface area contributed by atoms with Crippen molar-refractivity contribution >= 4 is 5.91 Å². The Kier molecular flexibility index (Phi) is 3.53. The van der Waals surface area contributed by atoms with Crippen LogP contribution in [-0.4, -0.2) is 36.5 Å². The summed E-state index contributed by atoms with van der Waals surface area (Å²) in [5, 5.41) is 3.43. The molecule has 92 valence electrons. The lowest BCUT2D eigenvalue weighted by atomic mass is 9.95. The van der Waals surface area contributed by atoms with E-state index in [0.29, 0.717) is 23.8 Å². The molecule has 1 amide bonds. The van der Waals surface area contributed by atoms with E-state index < -0.39 is 0 Å². The van der Waals surface area contributed by atoms with Crippen LogP contribution in [0, 0.1) is 17.8 Å². The van der Waals surface area contributed by atoms with Crippen LogP contribution in [0.4, 0.5) is 0 Å². The van der Waals surface area contributed by atoms with Gasteiger partial charge in [0.25, 0.3) is 0 Å². The maximum atomic E-state index is 12.4. The SMILES string of the molecule is CCC(CC)C(=O)N1CC2CNCC2C1C. The van der Waals surface area contributed by atoms with Gasteiger partial charge in [0.2, 0.25) is 5.91 Å². The van der Waals surface area contributed by atoms with Crippen LogP contribution in [0.25, 0.3) is 0 Å². The Morgan fingerprint density at radius 1 is 1.38 bits per heavy atom. The molecule has 2 heterocycles. The summed E-state index contributed by atoms with van der Waals surface area (Å²) in [5.74, 6) is 2.03. The summed E-state index contributed by atoms with van der Waals surface area (Å²) in [5.41, 5.74) is 0. The van der Waals surface area contributed by atoms with E-state index in [1.54, 1.807) is 0 Å². The Hall–Kier alpha value is -0.570. The largest absolute Gasteiger partial charge is 0.339 e. The molecule has 3 unspecified atom stereocenters. The normalized spacial score (nSPS) is 33.5. The first-order valence-corrected chi connectivity index (χ1v) is 6.70. The summed E-state index contributed by atoms with van der Waals surface area (Å²) in [6.07, 6.45) is 1.96. The third kappa shape index (κ3) is 1.86. The van der Waals surface area contributed by atoms with Gasteiger partial charge in [-0.15, -0.1) is 0 Å². The Balaban J connectivity index is 2.03. The van der Waals surface area contributed by atoms with Crippen LogP contribution in [-0.2, 0) is 4.79 Å². The van der Waals surface area contributed by atoms with Crippen LogP contribution in [0.2, 0.25) is 0 Å². The van der Waals surface area contributed by atoms with Crippen molar-refractivity contribution in [3.05, 3.63) is 0 Å². The molecule has 3 nitrogen and oxygen atoms in total. The molecule has 2 saturated heterocycles. The lowest BCUT2D eigenvalue weighted by Gasteiger charge is -2.28. The minimum atomic E-state index is 0.245. The highest BCUT2D eigenvalue weighted by atomic mass is 16.2. The zero-order valence-electron chi connectivity index (χ0n) is 10.7. The molecule has 2 rings (SSSR count). The van der Waals surface area contributed by atoms with Crippen LogP contribution in [0.5, 0.6) is 0 Å². The average molecular weight is 224 g/mol. The van der Waals surface area contributed by atoms with Gasteiger partial charge in [-0.05, 0) is 31.6 Å². The van der Waals surface area contributed by atoms with Crippen molar-refractivity contribution in [2.24, 2.45) is 17.8 Å². The molecule has 2 aliphatic rings. The number of likely N-dealkylation sites (tertiary alicyclic amines) is 1. The van der Waals surface area contributed by atoms with E-state index in [1.807, 2.05) is 0 Å². The second kappa shape index (κ2) is 4.74. The monoisotopic (exact) mass is 224 g/mol. The summed E-state index contributed by atoms with van der Waals surface area (Å²) in [6.45, 7) is 9.64. The first-order chi connectivity index (χ1) is 7.69. The van der Waals surface area contributed by atoms with Gasteiger partial charge in [-0.25, -0.2) is 0 Å². The van der Waals surface area contributed by atoms with E-state index in [2.05, 4.69) is 31.0 Å². The van der Waals surface area contributed by atoms with E-state index in [1.165, 1.54) is 0 Å². The molecule has 0 saturated carbocycles. The van der Waals surface area contributed by atoms with Crippen molar-refractivity contribution in [3.8, 4) is 0 Å². The Morgan fingerprint density at radius 2 is 2.06 bits per heavy atom. The second-order valence-corrected chi connectivity index (χ2v) is 5.33. The summed E-state index contributed by atoms with van der Waals surface area (Å²) in [4.78, 5) is 14.5. The topological polar surface area (TPSA) is 32.3 Å². The van der Waals surface area contributed by atoms with E-state index in [4.69, 9.17) is 0 Å². The third-order valence-corrected chi connectivity index (χ3v) is 4.55. The number of hydrogen-bond donors (Lipinski definition) is 1. The summed E-state index contributed by atoms with van der Waals surface area (Å²) in [6, 6.07) is 0.438. The second-order valence-electron chi connectivity index (χ2n) is 5.33. The van der Waals surface area contributed by atoms with Gasteiger partial charge < -0.3 is 10.2 Å². The van der Waals surface area contributed by atoms with Crippen molar-refractivity contribution in [2.75, 3.05) is 19.6 Å². The van der Waals surface area contributed by atoms with Crippen LogP contribution in [0.15, 0.2) is 0 Å². The van der Waals surface area contributed by atoms with Crippen LogP contribution in [0.3, 0.4) is 0 Å². The van der Waals surface area contributed by atoms with Crippen LogP contribution >= 0.6 is 0 Å². The first-order valence-electron chi connectivity index (χ1n) is 6.70. The van der Waals surface area contributed by atoms with Crippen molar-refractivity contribution in [2.45, 2.75) is 39.7 Å². The number of carbonyl (C=O) groups excluding carboxylic acids is 1. The lowest BCUT2D eigenvalue weighted by molar-refractivity contribution is -0.136. The fourth-order valence-electron chi connectivity index (χ4n) is 3.33. The summed E-state index contributed by atoms with van der Waals surface area (Å²) in [7, 11) is 0. The summed E-state index contributed by atoms with van der Waals surface area (Å²) < 4.78 is 0. The van der Waals surface area contributed by atoms with E-state index in [0.717, 1.165) is 32.5 Å². The number of rotatable bonds is 3. The van der Waals surface area contributed by atoms with Gasteiger partial charge in [-0.1, -0.05) is 13.8 Å². The fraction of sp³-hybridized carbons (Fsp3) is 0.923. The molecule has 3 heteroatoms. The van der Waals surface area contributed by atoms with Crippen molar-refractivity contribution in [1.82, 2.24) is 10.2 Å². The molecule has 1 N–H and O–H groups in total. The highest BCUT2D eigenvalue weighted by Crippen LogP contribution is 2.33. The molecule has 0 aromatic rings. The van der Waals surface area contributed by atoms with Gasteiger partial charge in [-0.3, -0.25) is 4.79 Å². The van der Waals surface area contributed by atoms with Gasteiger partial charge in [0.05, 0.1) is 0 Å². The lowest BCUT2D eigenvalue weighted by Crippen LogP contribution is -2.41. The molecular formula is C13H24N2O. The first kappa shape index (κ1) is 11.9. The molecule has 0 spiro atoms. The minimum Gasteiger partial charge on any atom is -0.339 e. The minimum absolute atomic E-state index is 0.245. The smallest absolute Gasteiger partial charge is 0.225 e. The molecule has 3 atom stereocenters. The molecule has 0 aliphatic carbocycles. The zero-order chi connectivity index (χ0) is 11.7. The predicted molar refractivity (Wildman–Crippen MR) is 65.1 cm³/mol. The van der Waals surface area contributed by atoms with Gasteiger partial charge in [-0.2, -0.15) is 0 Å². The molecule has 2 fully saturated rings. The summed E-state index contributed by atoms with van der Waals surface area (Å²) >= 11 is 0. The molecule has 0 aromatic carbocycles. The van der Waals surface area contributed by atoms with Gasteiger partial charge in [0, 0.05) is 31.6 Å². The molecular weight excluding hydrogens is 200 g/mol. The van der Waals surface area contributed by atoms with E-state index >= 15 is 0 Å². The molecule has 0 aromatic heterocycles. The quantitative estimate of drug-likeness (QED) is 0.787. The van der Waals surface area contributed by atoms with E-state index in [9.17, 15) is 4.79 Å². The number of nitrogens with zero attached hydrogens (tertiary/aromatic N) is 1. The van der Waals surface area contributed by atoms with Crippen molar-refractivity contribution < 1.29 is 4.79 Å². The van der Waals surface area contributed by atoms with Gasteiger partial charge >= 0.3 is 0 Å². The van der Waals surface area contributed by atoms with Gasteiger partial charge in [0.1, 0.15) is 0 Å². The number of amides is 1. The standard InChI is InChI=1S/C13H24N2O/c1-4-10(5-2)13(16)15-8-11-6-14-7-12(11)9(15)3/h9-12,14H,4-8H2,1-3H3. The number of carbonyl (C=O) groups is 1. The predicted octanol–water partition coefficient (Wildman–Crippen LogP) is 1.49. The molecule has 16 heavy (non-hydrogen) atoms. The maximum Gasteiger partial charge on any atom is 0.225 e. The third-order valence-electron chi connectivity index (χ3n) is 4.55. The molecule has 0 bridgehead atoms. The highest BCUT2D eigenvalue weighted by Gasteiger charge is 2.44. The Morgan fingerprint density at radius 3 is 2.62 bits per heavy atom. The fourth-order valence-corrected chi connectivity index (χ4v) is 3.33. The molecule has 0 radical (unpaired) electrons.